The van der Waals surface area contributed by atoms with Crippen molar-refractivity contribution in [3.63, 3.8) is 0 Å². The summed E-state index contributed by atoms with van der Waals surface area (Å²) in [6.07, 6.45) is 5.95. The highest BCUT2D eigenvalue weighted by Gasteiger charge is 2.42. The monoisotopic (exact) mass is 406 g/mol. The first-order valence-corrected chi connectivity index (χ1v) is 11.1. The van der Waals surface area contributed by atoms with Crippen LogP contribution in [0.4, 0.5) is 0 Å². The Morgan fingerprint density at radius 3 is 2.60 bits per heavy atom. The number of piperidine rings is 1. The first-order chi connectivity index (χ1) is 14.6. The number of carbonyl (C=O) groups excluding carboxylic acids is 1. The van der Waals surface area contributed by atoms with Gasteiger partial charge in [0.25, 0.3) is 5.91 Å². The Morgan fingerprint density at radius 2 is 1.93 bits per heavy atom. The lowest BCUT2D eigenvalue weighted by atomic mass is 9.89. The first-order valence-electron chi connectivity index (χ1n) is 11.1. The van der Waals surface area contributed by atoms with Crippen LogP contribution < -0.4 is 10.1 Å². The minimum Gasteiger partial charge on any atom is -0.462 e. The number of aryl methyl sites for hydroxylation is 1. The van der Waals surface area contributed by atoms with Crippen LogP contribution in [0.1, 0.15) is 53.6 Å². The van der Waals surface area contributed by atoms with Gasteiger partial charge in [-0.05, 0) is 60.7 Å². The van der Waals surface area contributed by atoms with E-state index >= 15 is 0 Å². The minimum absolute atomic E-state index is 0.0643. The van der Waals surface area contributed by atoms with E-state index in [1.165, 1.54) is 19.3 Å². The Labute approximate surface area is 178 Å². The molecule has 1 N–H and O–H groups in total. The van der Waals surface area contributed by atoms with Gasteiger partial charge in [0, 0.05) is 50.1 Å². The number of amides is 1. The zero-order valence-electron chi connectivity index (χ0n) is 17.9. The van der Waals surface area contributed by atoms with Gasteiger partial charge >= 0.3 is 0 Å². The van der Waals surface area contributed by atoms with Crippen LogP contribution >= 0.6 is 0 Å². The normalized spacial score (nSPS) is 20.9. The summed E-state index contributed by atoms with van der Waals surface area (Å²) >= 11 is 0. The Balaban J connectivity index is 1.32. The van der Waals surface area contributed by atoms with Crippen molar-refractivity contribution in [2.24, 2.45) is 0 Å². The Morgan fingerprint density at radius 1 is 1.13 bits per heavy atom. The van der Waals surface area contributed by atoms with Crippen molar-refractivity contribution in [2.45, 2.75) is 57.5 Å². The van der Waals surface area contributed by atoms with Crippen LogP contribution in [0.25, 0.3) is 11.1 Å². The number of hydrogen-bond donors (Lipinski definition) is 1. The molecule has 5 rings (SSSR count). The third kappa shape index (κ3) is 3.50. The SMILES string of the molecule is CNC(=O)c1ccc(-c2ccc3c(c2)COC2(CCN(C4CCC4)CC2)O3)c(C)c1. The molecule has 3 aliphatic rings. The summed E-state index contributed by atoms with van der Waals surface area (Å²) < 4.78 is 12.7. The summed E-state index contributed by atoms with van der Waals surface area (Å²) in [6.45, 7) is 4.75. The fourth-order valence-electron chi connectivity index (χ4n) is 4.90. The maximum absolute atomic E-state index is 11.9. The van der Waals surface area contributed by atoms with Gasteiger partial charge in [-0.1, -0.05) is 18.6 Å². The molecule has 0 radical (unpaired) electrons. The van der Waals surface area contributed by atoms with Crippen LogP contribution in [0.2, 0.25) is 0 Å². The fraction of sp³-hybridized carbons (Fsp3) is 0.480. The second-order valence-electron chi connectivity index (χ2n) is 8.85. The van der Waals surface area contributed by atoms with E-state index in [1.807, 2.05) is 25.1 Å². The molecule has 0 bridgehead atoms. The number of likely N-dealkylation sites (tertiary alicyclic amines) is 1. The summed E-state index contributed by atoms with van der Waals surface area (Å²) in [4.78, 5) is 14.5. The van der Waals surface area contributed by atoms with Crippen LogP contribution in [0.3, 0.4) is 0 Å². The second kappa shape index (κ2) is 7.71. The van der Waals surface area contributed by atoms with Crippen LogP contribution in [0, 0.1) is 6.92 Å². The van der Waals surface area contributed by atoms with Crippen molar-refractivity contribution in [3.8, 4) is 16.9 Å². The molecule has 0 aromatic heterocycles. The van der Waals surface area contributed by atoms with Gasteiger partial charge in [-0.2, -0.15) is 0 Å². The average molecular weight is 407 g/mol. The van der Waals surface area contributed by atoms with Crippen LogP contribution in [-0.4, -0.2) is 42.8 Å². The summed E-state index contributed by atoms with van der Waals surface area (Å²) in [5.74, 6) is 0.423. The molecule has 1 saturated heterocycles. The van der Waals surface area contributed by atoms with Crippen molar-refractivity contribution >= 4 is 5.91 Å². The Bertz CT molecular complexity index is 959. The number of fused-ring (bicyclic) bond motifs is 1. The molecular weight excluding hydrogens is 376 g/mol. The topological polar surface area (TPSA) is 50.8 Å². The summed E-state index contributed by atoms with van der Waals surface area (Å²) in [6, 6.07) is 13.0. The third-order valence-corrected chi connectivity index (χ3v) is 7.02. The molecule has 1 saturated carbocycles. The average Bonchev–Trinajstić information content (AvgIpc) is 2.73. The number of benzene rings is 2. The maximum atomic E-state index is 11.9. The van der Waals surface area contributed by atoms with E-state index in [0.29, 0.717) is 12.2 Å². The quantitative estimate of drug-likeness (QED) is 0.827. The predicted octanol–water partition coefficient (Wildman–Crippen LogP) is 4.28. The highest BCUT2D eigenvalue weighted by atomic mass is 16.7. The molecule has 158 valence electrons. The lowest BCUT2D eigenvalue weighted by Crippen LogP contribution is -2.54. The Hall–Kier alpha value is -2.37. The number of hydrogen-bond acceptors (Lipinski definition) is 4. The minimum atomic E-state index is -0.458. The smallest absolute Gasteiger partial charge is 0.251 e. The van der Waals surface area contributed by atoms with Gasteiger partial charge in [0.05, 0.1) is 6.61 Å². The number of rotatable bonds is 3. The van der Waals surface area contributed by atoms with Crippen molar-refractivity contribution < 1.29 is 14.3 Å². The van der Waals surface area contributed by atoms with Gasteiger partial charge in [0.2, 0.25) is 5.79 Å². The number of nitrogens with one attached hydrogen (secondary N) is 1. The summed E-state index contributed by atoms with van der Waals surface area (Å²) in [5.41, 5.74) is 5.10. The van der Waals surface area contributed by atoms with Crippen LogP contribution in [0.5, 0.6) is 5.75 Å². The second-order valence-corrected chi connectivity index (χ2v) is 8.85. The summed E-state index contributed by atoms with van der Waals surface area (Å²) in [5, 5.41) is 2.68. The molecule has 2 aromatic rings. The Kier molecular flexibility index (Phi) is 5.03. The van der Waals surface area contributed by atoms with E-state index in [9.17, 15) is 4.79 Å². The van der Waals surface area contributed by atoms with Crippen molar-refractivity contribution in [1.29, 1.82) is 0 Å². The molecular formula is C25H30N2O3. The van der Waals surface area contributed by atoms with Gasteiger partial charge in [0.1, 0.15) is 5.75 Å². The van der Waals surface area contributed by atoms with Gasteiger partial charge in [0.15, 0.2) is 0 Å². The van der Waals surface area contributed by atoms with E-state index in [2.05, 4.69) is 28.4 Å². The van der Waals surface area contributed by atoms with E-state index in [-0.39, 0.29) is 5.91 Å². The zero-order chi connectivity index (χ0) is 20.7. The molecule has 2 aliphatic heterocycles. The molecule has 1 spiro atoms. The lowest BCUT2D eigenvalue weighted by molar-refractivity contribution is -0.231. The molecule has 2 heterocycles. The van der Waals surface area contributed by atoms with Crippen molar-refractivity contribution in [2.75, 3.05) is 20.1 Å². The maximum Gasteiger partial charge on any atom is 0.251 e. The van der Waals surface area contributed by atoms with E-state index in [4.69, 9.17) is 9.47 Å². The highest BCUT2D eigenvalue weighted by Crippen LogP contribution is 2.40. The molecule has 2 fully saturated rings. The number of ether oxygens (including phenoxy) is 2. The largest absolute Gasteiger partial charge is 0.462 e. The fourth-order valence-corrected chi connectivity index (χ4v) is 4.90. The molecule has 1 aliphatic carbocycles. The van der Waals surface area contributed by atoms with Gasteiger partial charge < -0.3 is 14.8 Å². The number of carbonyl (C=O) groups is 1. The molecule has 30 heavy (non-hydrogen) atoms. The molecule has 0 atom stereocenters. The zero-order valence-corrected chi connectivity index (χ0v) is 17.9. The highest BCUT2D eigenvalue weighted by molar-refractivity contribution is 5.94. The summed E-state index contributed by atoms with van der Waals surface area (Å²) in [7, 11) is 1.65. The van der Waals surface area contributed by atoms with E-state index in [0.717, 1.165) is 60.0 Å². The van der Waals surface area contributed by atoms with Crippen molar-refractivity contribution in [3.05, 3.63) is 53.1 Å². The van der Waals surface area contributed by atoms with Gasteiger partial charge in [-0.25, -0.2) is 0 Å². The van der Waals surface area contributed by atoms with E-state index in [1.54, 1.807) is 7.05 Å². The lowest BCUT2D eigenvalue weighted by Gasteiger charge is -2.47. The molecule has 0 unspecified atom stereocenters. The first kappa shape index (κ1) is 19.6. The van der Waals surface area contributed by atoms with Gasteiger partial charge in [-0.15, -0.1) is 0 Å². The molecule has 1 amide bonds. The number of nitrogens with zero attached hydrogens (tertiary/aromatic N) is 1. The molecule has 5 heteroatoms. The van der Waals surface area contributed by atoms with Crippen LogP contribution in [0.15, 0.2) is 36.4 Å². The van der Waals surface area contributed by atoms with Crippen LogP contribution in [-0.2, 0) is 11.3 Å². The van der Waals surface area contributed by atoms with Gasteiger partial charge in [-0.3, -0.25) is 9.69 Å². The standard InChI is InChI=1S/C25H30N2O3/c1-17-14-19(24(28)26-2)6-8-22(17)18-7-9-23-20(15-18)16-29-25(30-23)10-12-27(13-11-25)21-4-3-5-21/h6-9,14-15,21H,3-5,10-13,16H2,1-2H3,(H,26,28). The van der Waals surface area contributed by atoms with Crippen molar-refractivity contribution in [1.82, 2.24) is 10.2 Å². The third-order valence-electron chi connectivity index (χ3n) is 7.02. The molecule has 5 nitrogen and oxygen atoms in total. The predicted molar refractivity (Wildman–Crippen MR) is 117 cm³/mol. The van der Waals surface area contributed by atoms with E-state index < -0.39 is 5.79 Å². The molecule has 2 aromatic carbocycles.